The SMILES string of the molecule is CNC(C)(CC(C)Sc1ccc(Cl)c(Cl)c1)C(=O)OC. The molecular weight excluding hydrogens is 317 g/mol. The molecule has 2 unspecified atom stereocenters. The maximum Gasteiger partial charge on any atom is 0.325 e. The van der Waals surface area contributed by atoms with Gasteiger partial charge in [-0.15, -0.1) is 11.8 Å². The topological polar surface area (TPSA) is 38.3 Å². The molecule has 0 radical (unpaired) electrons. The third kappa shape index (κ3) is 4.55. The second kappa shape index (κ2) is 7.55. The molecule has 0 bridgehead atoms. The fourth-order valence-corrected chi connectivity index (χ4v) is 3.49. The Balaban J connectivity index is 2.73. The molecule has 6 heteroatoms. The van der Waals surface area contributed by atoms with Crippen LogP contribution in [0, 0.1) is 0 Å². The van der Waals surface area contributed by atoms with Gasteiger partial charge in [-0.2, -0.15) is 0 Å². The van der Waals surface area contributed by atoms with E-state index in [-0.39, 0.29) is 11.2 Å². The summed E-state index contributed by atoms with van der Waals surface area (Å²) < 4.78 is 4.84. The van der Waals surface area contributed by atoms with Crippen molar-refractivity contribution in [3.8, 4) is 0 Å². The van der Waals surface area contributed by atoms with Crippen LogP contribution in [0.5, 0.6) is 0 Å². The van der Waals surface area contributed by atoms with E-state index in [0.717, 1.165) is 4.90 Å². The van der Waals surface area contributed by atoms with Crippen LogP contribution in [0.2, 0.25) is 10.0 Å². The minimum atomic E-state index is -0.697. The Labute approximate surface area is 134 Å². The van der Waals surface area contributed by atoms with Crippen LogP contribution >= 0.6 is 35.0 Å². The van der Waals surface area contributed by atoms with Gasteiger partial charge in [0.05, 0.1) is 17.2 Å². The Kier molecular flexibility index (Phi) is 6.65. The fraction of sp³-hybridized carbons (Fsp3) is 0.500. The second-order valence-corrected chi connectivity index (χ2v) is 7.11. The van der Waals surface area contributed by atoms with E-state index in [2.05, 4.69) is 12.2 Å². The highest BCUT2D eigenvalue weighted by Crippen LogP contribution is 2.33. The van der Waals surface area contributed by atoms with Gasteiger partial charge in [0.1, 0.15) is 5.54 Å². The van der Waals surface area contributed by atoms with E-state index in [4.69, 9.17) is 27.9 Å². The number of hydrogen-bond acceptors (Lipinski definition) is 4. The van der Waals surface area contributed by atoms with Crippen molar-refractivity contribution in [2.45, 2.75) is 36.0 Å². The number of esters is 1. The Hall–Kier alpha value is -0.420. The van der Waals surface area contributed by atoms with Crippen molar-refractivity contribution in [2.24, 2.45) is 0 Å². The number of rotatable bonds is 6. The predicted octanol–water partition coefficient (Wildman–Crippen LogP) is 4.02. The molecule has 0 aliphatic rings. The molecule has 0 amide bonds. The highest BCUT2D eigenvalue weighted by molar-refractivity contribution is 8.00. The van der Waals surface area contributed by atoms with Crippen LogP contribution in [0.3, 0.4) is 0 Å². The Morgan fingerprint density at radius 2 is 2.10 bits per heavy atom. The zero-order valence-corrected chi connectivity index (χ0v) is 14.3. The van der Waals surface area contributed by atoms with Gasteiger partial charge in [0.25, 0.3) is 0 Å². The Bertz CT molecular complexity index is 484. The number of halogens is 2. The summed E-state index contributed by atoms with van der Waals surface area (Å²) in [6.45, 7) is 3.90. The summed E-state index contributed by atoms with van der Waals surface area (Å²) in [6.07, 6.45) is 0.640. The molecule has 3 nitrogen and oxygen atoms in total. The van der Waals surface area contributed by atoms with Crippen LogP contribution in [0.15, 0.2) is 23.1 Å². The van der Waals surface area contributed by atoms with Crippen molar-refractivity contribution in [2.75, 3.05) is 14.2 Å². The van der Waals surface area contributed by atoms with E-state index in [1.54, 1.807) is 24.9 Å². The lowest BCUT2D eigenvalue weighted by atomic mass is 9.96. The van der Waals surface area contributed by atoms with Crippen LogP contribution in [0.4, 0.5) is 0 Å². The number of ether oxygens (including phenoxy) is 1. The highest BCUT2D eigenvalue weighted by Gasteiger charge is 2.34. The smallest absolute Gasteiger partial charge is 0.325 e. The lowest BCUT2D eigenvalue weighted by Crippen LogP contribution is -2.49. The van der Waals surface area contributed by atoms with Crippen molar-refractivity contribution in [1.82, 2.24) is 5.32 Å². The van der Waals surface area contributed by atoms with E-state index >= 15 is 0 Å². The van der Waals surface area contributed by atoms with Crippen molar-refractivity contribution < 1.29 is 9.53 Å². The first-order valence-electron chi connectivity index (χ1n) is 6.21. The van der Waals surface area contributed by atoms with Crippen LogP contribution in [0.25, 0.3) is 0 Å². The third-order valence-electron chi connectivity index (χ3n) is 3.11. The largest absolute Gasteiger partial charge is 0.468 e. The number of methoxy groups -OCH3 is 1. The zero-order valence-electron chi connectivity index (χ0n) is 12.0. The van der Waals surface area contributed by atoms with Crippen LogP contribution in [-0.4, -0.2) is 30.9 Å². The van der Waals surface area contributed by atoms with Gasteiger partial charge in [0, 0.05) is 10.1 Å². The standard InChI is InChI=1S/C14H19Cl2NO2S/c1-9(8-14(2,17-3)13(18)19-4)20-10-5-6-11(15)12(16)7-10/h5-7,9,17H,8H2,1-4H3. The van der Waals surface area contributed by atoms with Gasteiger partial charge >= 0.3 is 5.97 Å². The molecule has 112 valence electrons. The number of benzene rings is 1. The number of thioether (sulfide) groups is 1. The molecule has 1 aromatic rings. The molecule has 0 saturated carbocycles. The van der Waals surface area contributed by atoms with Crippen molar-refractivity contribution >= 4 is 40.9 Å². The highest BCUT2D eigenvalue weighted by atomic mass is 35.5. The number of carbonyl (C=O) groups is 1. The van der Waals surface area contributed by atoms with Gasteiger partial charge in [0.2, 0.25) is 0 Å². The summed E-state index contributed by atoms with van der Waals surface area (Å²) >= 11 is 13.5. The van der Waals surface area contributed by atoms with Gasteiger partial charge in [-0.1, -0.05) is 30.1 Å². The summed E-state index contributed by atoms with van der Waals surface area (Å²) in [4.78, 5) is 12.8. The molecule has 0 aliphatic heterocycles. The number of hydrogen-bond donors (Lipinski definition) is 1. The average Bonchev–Trinajstić information content (AvgIpc) is 2.41. The van der Waals surface area contributed by atoms with Crippen molar-refractivity contribution in [3.63, 3.8) is 0 Å². The molecule has 0 saturated heterocycles. The molecule has 20 heavy (non-hydrogen) atoms. The average molecular weight is 336 g/mol. The number of nitrogens with one attached hydrogen (secondary N) is 1. The van der Waals surface area contributed by atoms with Gasteiger partial charge in [-0.25, -0.2) is 0 Å². The van der Waals surface area contributed by atoms with Crippen LogP contribution in [0.1, 0.15) is 20.3 Å². The summed E-state index contributed by atoms with van der Waals surface area (Å²) in [5.41, 5.74) is -0.697. The third-order valence-corrected chi connectivity index (χ3v) is 4.95. The monoisotopic (exact) mass is 335 g/mol. The Morgan fingerprint density at radius 1 is 1.45 bits per heavy atom. The molecular formula is C14H19Cl2NO2S. The van der Waals surface area contributed by atoms with Crippen molar-refractivity contribution in [3.05, 3.63) is 28.2 Å². The second-order valence-electron chi connectivity index (χ2n) is 4.78. The van der Waals surface area contributed by atoms with Crippen molar-refractivity contribution in [1.29, 1.82) is 0 Å². The van der Waals surface area contributed by atoms with Gasteiger partial charge in [-0.05, 0) is 38.6 Å². The van der Waals surface area contributed by atoms with E-state index in [9.17, 15) is 4.79 Å². The van der Waals surface area contributed by atoms with Crippen LogP contribution in [-0.2, 0) is 9.53 Å². The molecule has 1 rings (SSSR count). The molecule has 0 spiro atoms. The van der Waals surface area contributed by atoms with E-state index < -0.39 is 5.54 Å². The molecule has 1 N–H and O–H groups in total. The lowest BCUT2D eigenvalue weighted by molar-refractivity contribution is -0.147. The predicted molar refractivity (Wildman–Crippen MR) is 85.9 cm³/mol. The Morgan fingerprint density at radius 3 is 2.60 bits per heavy atom. The molecule has 1 aromatic carbocycles. The number of likely N-dealkylation sites (N-methyl/N-ethyl adjacent to an activating group) is 1. The fourth-order valence-electron chi connectivity index (χ4n) is 1.91. The molecule has 0 aliphatic carbocycles. The summed E-state index contributed by atoms with van der Waals surface area (Å²) in [5.74, 6) is -0.262. The first-order valence-corrected chi connectivity index (χ1v) is 7.85. The lowest BCUT2D eigenvalue weighted by Gasteiger charge is -2.28. The van der Waals surface area contributed by atoms with Crippen LogP contribution < -0.4 is 5.32 Å². The maximum absolute atomic E-state index is 11.8. The first kappa shape index (κ1) is 17.6. The minimum absolute atomic E-state index is 0.212. The first-order chi connectivity index (χ1) is 9.32. The maximum atomic E-state index is 11.8. The van der Waals surface area contributed by atoms with Gasteiger partial charge in [-0.3, -0.25) is 4.79 Å². The minimum Gasteiger partial charge on any atom is -0.468 e. The van der Waals surface area contributed by atoms with E-state index in [1.807, 2.05) is 19.1 Å². The summed E-state index contributed by atoms with van der Waals surface area (Å²) in [6, 6.07) is 5.53. The van der Waals surface area contributed by atoms with E-state index in [1.165, 1.54) is 7.11 Å². The summed E-state index contributed by atoms with van der Waals surface area (Å²) in [5, 5.41) is 4.32. The molecule has 2 atom stereocenters. The van der Waals surface area contributed by atoms with Gasteiger partial charge in [0.15, 0.2) is 0 Å². The molecule has 0 heterocycles. The normalized spacial score (nSPS) is 15.5. The molecule has 0 fully saturated rings. The zero-order chi connectivity index (χ0) is 15.3. The summed E-state index contributed by atoms with van der Waals surface area (Å²) in [7, 11) is 3.15. The van der Waals surface area contributed by atoms with E-state index in [0.29, 0.717) is 16.5 Å². The van der Waals surface area contributed by atoms with Gasteiger partial charge < -0.3 is 10.1 Å². The quantitative estimate of drug-likeness (QED) is 0.629. The number of carbonyl (C=O) groups excluding carboxylic acids is 1. The molecule has 0 aromatic heterocycles.